The zero-order valence-electron chi connectivity index (χ0n) is 21.9. The van der Waals surface area contributed by atoms with Crippen LogP contribution in [0, 0.1) is 0 Å². The summed E-state index contributed by atoms with van der Waals surface area (Å²) in [6, 6.07) is 9.51. The first-order chi connectivity index (χ1) is 18.9. The number of rotatable bonds is 7. The summed E-state index contributed by atoms with van der Waals surface area (Å²) in [7, 11) is 1.65. The molecule has 4 aliphatic rings. The third-order valence-electron chi connectivity index (χ3n) is 7.62. The molecule has 0 spiro atoms. The SMILES string of the molecule is CCCCOC1C(OC)=CC=C2C1=CN1CCc3cc4c(cc3C1=C2Cc1ccc(C(F)(F)F)cc1)OCO4. The highest BCUT2D eigenvalue weighted by Gasteiger charge is 2.37. The topological polar surface area (TPSA) is 40.2 Å². The third kappa shape index (κ3) is 4.71. The van der Waals surface area contributed by atoms with Crippen LogP contribution in [-0.4, -0.2) is 38.1 Å². The van der Waals surface area contributed by atoms with Crippen molar-refractivity contribution >= 4 is 5.70 Å². The van der Waals surface area contributed by atoms with Crippen molar-refractivity contribution in [1.82, 2.24) is 4.90 Å². The fourth-order valence-corrected chi connectivity index (χ4v) is 5.62. The minimum Gasteiger partial charge on any atom is -0.498 e. The van der Waals surface area contributed by atoms with Crippen molar-refractivity contribution in [2.24, 2.45) is 0 Å². The first-order valence-electron chi connectivity index (χ1n) is 13.3. The summed E-state index contributed by atoms with van der Waals surface area (Å²) in [4.78, 5) is 2.24. The fraction of sp³-hybridized carbons (Fsp3) is 0.355. The molecule has 6 rings (SSSR count). The van der Waals surface area contributed by atoms with E-state index in [2.05, 4.69) is 18.0 Å². The van der Waals surface area contributed by atoms with E-state index in [0.717, 1.165) is 88.6 Å². The molecule has 39 heavy (non-hydrogen) atoms. The van der Waals surface area contributed by atoms with Gasteiger partial charge in [-0.05, 0) is 65.5 Å². The lowest BCUT2D eigenvalue weighted by Crippen LogP contribution is -2.34. The molecule has 2 aromatic carbocycles. The Morgan fingerprint density at radius 3 is 2.54 bits per heavy atom. The van der Waals surface area contributed by atoms with Crippen LogP contribution in [-0.2, 0) is 28.5 Å². The number of methoxy groups -OCH3 is 1. The number of ether oxygens (including phenoxy) is 4. The number of benzene rings is 2. The van der Waals surface area contributed by atoms with E-state index >= 15 is 0 Å². The second-order valence-corrected chi connectivity index (χ2v) is 10.0. The van der Waals surface area contributed by atoms with Gasteiger partial charge in [0.2, 0.25) is 6.79 Å². The highest BCUT2D eigenvalue weighted by atomic mass is 19.4. The number of fused-ring (bicyclic) bond motifs is 5. The minimum absolute atomic E-state index is 0.190. The number of alkyl halides is 3. The molecule has 0 bridgehead atoms. The van der Waals surface area contributed by atoms with Crippen LogP contribution in [0.3, 0.4) is 0 Å². The molecular formula is C31H30F3NO4. The van der Waals surface area contributed by atoms with Gasteiger partial charge in [-0.1, -0.05) is 31.6 Å². The normalized spacial score (nSPS) is 19.6. The van der Waals surface area contributed by atoms with Crippen molar-refractivity contribution in [2.45, 2.75) is 44.9 Å². The maximum Gasteiger partial charge on any atom is 0.416 e. The molecule has 0 aromatic heterocycles. The molecule has 0 N–H and O–H groups in total. The second-order valence-electron chi connectivity index (χ2n) is 10.0. The molecule has 204 valence electrons. The summed E-state index contributed by atoms with van der Waals surface area (Å²) in [5, 5.41) is 0. The van der Waals surface area contributed by atoms with Crippen LogP contribution in [0.1, 0.15) is 42.0 Å². The van der Waals surface area contributed by atoms with Crippen LogP contribution in [0.5, 0.6) is 11.5 Å². The number of halogens is 3. The highest BCUT2D eigenvalue weighted by molar-refractivity contribution is 5.82. The van der Waals surface area contributed by atoms with Crippen molar-refractivity contribution in [3.63, 3.8) is 0 Å². The Morgan fingerprint density at radius 1 is 1.05 bits per heavy atom. The Hall–Kier alpha value is -3.65. The average molecular weight is 538 g/mol. The van der Waals surface area contributed by atoms with E-state index in [9.17, 15) is 13.2 Å². The predicted molar refractivity (Wildman–Crippen MR) is 141 cm³/mol. The van der Waals surface area contributed by atoms with E-state index in [1.807, 2.05) is 24.3 Å². The molecule has 1 unspecified atom stereocenters. The lowest BCUT2D eigenvalue weighted by atomic mass is 9.79. The van der Waals surface area contributed by atoms with Gasteiger partial charge in [-0.15, -0.1) is 0 Å². The number of nitrogens with zero attached hydrogens (tertiary/aromatic N) is 1. The Morgan fingerprint density at radius 2 is 1.82 bits per heavy atom. The van der Waals surface area contributed by atoms with E-state index in [1.165, 1.54) is 0 Å². The maximum absolute atomic E-state index is 13.2. The monoisotopic (exact) mass is 537 g/mol. The number of unbranched alkanes of at least 4 members (excludes halogenated alkanes) is 1. The Balaban J connectivity index is 1.47. The molecule has 2 aromatic rings. The average Bonchev–Trinajstić information content (AvgIpc) is 3.39. The zero-order chi connectivity index (χ0) is 27.1. The van der Waals surface area contributed by atoms with Gasteiger partial charge in [-0.2, -0.15) is 13.2 Å². The lowest BCUT2D eigenvalue weighted by Gasteiger charge is -2.40. The zero-order valence-corrected chi connectivity index (χ0v) is 21.9. The van der Waals surface area contributed by atoms with Gasteiger partial charge in [-0.3, -0.25) is 0 Å². The quantitative estimate of drug-likeness (QED) is 0.364. The number of hydrogen-bond donors (Lipinski definition) is 0. The van der Waals surface area contributed by atoms with Crippen molar-refractivity contribution in [2.75, 3.05) is 27.1 Å². The molecule has 3 aliphatic heterocycles. The molecule has 5 nitrogen and oxygen atoms in total. The number of hydrogen-bond acceptors (Lipinski definition) is 5. The standard InChI is InChI=1S/C31H30F3NO4/c1-3-4-13-37-30-25-17-35-12-11-20-15-27-28(39-18-38-27)16-23(20)29(35)24(22(25)9-10-26(30)36-2)14-19-5-7-21(8-6-19)31(32,33)34/h5-10,15-17,30H,3-4,11-14,18H2,1-2H3. The van der Waals surface area contributed by atoms with Gasteiger partial charge in [-0.25, -0.2) is 0 Å². The van der Waals surface area contributed by atoms with E-state index in [1.54, 1.807) is 19.2 Å². The van der Waals surface area contributed by atoms with E-state index < -0.39 is 11.7 Å². The lowest BCUT2D eigenvalue weighted by molar-refractivity contribution is -0.137. The molecular weight excluding hydrogens is 507 g/mol. The van der Waals surface area contributed by atoms with Gasteiger partial charge in [0, 0.05) is 36.9 Å². The van der Waals surface area contributed by atoms with E-state index in [0.29, 0.717) is 18.8 Å². The largest absolute Gasteiger partial charge is 0.498 e. The van der Waals surface area contributed by atoms with Crippen LogP contribution in [0.4, 0.5) is 13.2 Å². The van der Waals surface area contributed by atoms with Gasteiger partial charge in [0.25, 0.3) is 0 Å². The molecule has 0 radical (unpaired) electrons. The first-order valence-corrected chi connectivity index (χ1v) is 13.3. The van der Waals surface area contributed by atoms with Gasteiger partial charge in [0.15, 0.2) is 11.5 Å². The first kappa shape index (κ1) is 25.6. The van der Waals surface area contributed by atoms with Crippen LogP contribution in [0.2, 0.25) is 0 Å². The van der Waals surface area contributed by atoms with E-state index in [-0.39, 0.29) is 12.9 Å². The van der Waals surface area contributed by atoms with E-state index in [4.69, 9.17) is 18.9 Å². The van der Waals surface area contributed by atoms with Crippen molar-refractivity contribution in [3.8, 4) is 11.5 Å². The van der Waals surface area contributed by atoms with Gasteiger partial charge in [0.05, 0.1) is 18.4 Å². The fourth-order valence-electron chi connectivity index (χ4n) is 5.62. The Kier molecular flexibility index (Phi) is 6.67. The molecule has 1 aliphatic carbocycles. The third-order valence-corrected chi connectivity index (χ3v) is 7.62. The summed E-state index contributed by atoms with van der Waals surface area (Å²) in [5.74, 6) is 2.18. The van der Waals surface area contributed by atoms with Crippen molar-refractivity contribution in [3.05, 3.63) is 99.5 Å². The van der Waals surface area contributed by atoms with Crippen LogP contribution < -0.4 is 9.47 Å². The Bertz CT molecular complexity index is 1400. The molecule has 0 saturated carbocycles. The van der Waals surface area contributed by atoms with Crippen LogP contribution >= 0.6 is 0 Å². The summed E-state index contributed by atoms with van der Waals surface area (Å²) in [5.41, 5.74) is 6.42. The Labute approximate surface area is 225 Å². The van der Waals surface area contributed by atoms with Gasteiger partial charge < -0.3 is 23.8 Å². The molecule has 0 fully saturated rings. The predicted octanol–water partition coefficient (Wildman–Crippen LogP) is 6.80. The molecule has 1 atom stereocenters. The highest BCUT2D eigenvalue weighted by Crippen LogP contribution is 2.47. The smallest absolute Gasteiger partial charge is 0.416 e. The molecule has 0 amide bonds. The molecule has 0 saturated heterocycles. The van der Waals surface area contributed by atoms with Crippen molar-refractivity contribution < 1.29 is 32.1 Å². The maximum atomic E-state index is 13.2. The minimum atomic E-state index is -4.38. The summed E-state index contributed by atoms with van der Waals surface area (Å²) in [6.45, 7) is 3.67. The summed E-state index contributed by atoms with van der Waals surface area (Å²) < 4.78 is 63.1. The van der Waals surface area contributed by atoms with Crippen LogP contribution in [0.15, 0.2) is 77.2 Å². The van der Waals surface area contributed by atoms with Crippen molar-refractivity contribution in [1.29, 1.82) is 0 Å². The number of allylic oxidation sites excluding steroid dienone is 3. The second kappa shape index (κ2) is 10.2. The molecule has 3 heterocycles. The molecule has 8 heteroatoms. The van der Waals surface area contributed by atoms with Crippen LogP contribution in [0.25, 0.3) is 5.70 Å². The van der Waals surface area contributed by atoms with Gasteiger partial charge in [0.1, 0.15) is 11.9 Å². The summed E-state index contributed by atoms with van der Waals surface area (Å²) in [6.07, 6.45) is 4.62. The summed E-state index contributed by atoms with van der Waals surface area (Å²) >= 11 is 0. The van der Waals surface area contributed by atoms with Gasteiger partial charge >= 0.3 is 6.18 Å².